The van der Waals surface area contributed by atoms with Crippen LogP contribution in [0, 0.1) is 0 Å². The lowest BCUT2D eigenvalue weighted by molar-refractivity contribution is 0.0469. The first-order valence-corrected chi connectivity index (χ1v) is 9.58. The van der Waals surface area contributed by atoms with Gasteiger partial charge in [0, 0.05) is 11.3 Å². The average Bonchev–Trinajstić information content (AvgIpc) is 2.70. The van der Waals surface area contributed by atoms with Crippen LogP contribution in [0.25, 0.3) is 0 Å². The van der Waals surface area contributed by atoms with Gasteiger partial charge in [0.2, 0.25) is 0 Å². The Morgan fingerprint density at radius 3 is 2.41 bits per heavy atom. The van der Waals surface area contributed by atoms with Crippen LogP contribution >= 0.6 is 0 Å². The molecule has 1 amide bonds. The van der Waals surface area contributed by atoms with Gasteiger partial charge in [-0.15, -0.1) is 0 Å². The summed E-state index contributed by atoms with van der Waals surface area (Å²) in [6.45, 7) is 3.87. The third-order valence-electron chi connectivity index (χ3n) is 5.03. The van der Waals surface area contributed by atoms with Gasteiger partial charge < -0.3 is 10.0 Å². The van der Waals surface area contributed by atoms with Crippen molar-refractivity contribution in [3.05, 3.63) is 90.0 Å². The van der Waals surface area contributed by atoms with Gasteiger partial charge in [-0.1, -0.05) is 68.0 Å². The van der Waals surface area contributed by atoms with Crippen LogP contribution in [-0.4, -0.2) is 17.1 Å². The second-order valence-corrected chi connectivity index (χ2v) is 7.23. The van der Waals surface area contributed by atoms with Crippen molar-refractivity contribution in [3.8, 4) is 0 Å². The van der Waals surface area contributed by atoms with Crippen molar-refractivity contribution < 1.29 is 9.90 Å². The molecule has 2 unspecified atom stereocenters. The van der Waals surface area contributed by atoms with E-state index in [2.05, 4.69) is 19.1 Å². The minimum Gasteiger partial charge on any atom is -0.385 e. The lowest BCUT2D eigenvalue weighted by Gasteiger charge is -2.31. The lowest BCUT2D eigenvalue weighted by atomic mass is 9.90. The molecule has 0 saturated carbocycles. The molecule has 0 aliphatic heterocycles. The molecule has 3 heteroatoms. The summed E-state index contributed by atoms with van der Waals surface area (Å²) in [5.74, 6) is -0.0344. The summed E-state index contributed by atoms with van der Waals surface area (Å²) in [6.07, 6.45) is 10.5. The Hall–Kier alpha value is -2.65. The Labute approximate surface area is 161 Å². The summed E-state index contributed by atoms with van der Waals surface area (Å²) >= 11 is 0. The third kappa shape index (κ3) is 4.37. The topological polar surface area (TPSA) is 40.5 Å². The number of anilines is 1. The highest BCUT2D eigenvalue weighted by atomic mass is 16.3. The quantitative estimate of drug-likeness (QED) is 0.766. The maximum absolute atomic E-state index is 13.3. The zero-order valence-corrected chi connectivity index (χ0v) is 16.0. The Kier molecular flexibility index (Phi) is 5.92. The van der Waals surface area contributed by atoms with Crippen molar-refractivity contribution in [2.45, 2.75) is 44.8 Å². The van der Waals surface area contributed by atoms with E-state index in [4.69, 9.17) is 0 Å². The van der Waals surface area contributed by atoms with Gasteiger partial charge in [-0.25, -0.2) is 0 Å². The normalized spacial score (nSPS) is 18.1. The van der Waals surface area contributed by atoms with Crippen molar-refractivity contribution in [1.82, 2.24) is 0 Å². The highest BCUT2D eigenvalue weighted by molar-refractivity contribution is 6.06. The standard InChI is InChI=1S/C24H27NO2/c1-3-18-24(2,27)20-16-14-19(15-17-20)23(26)25(21-10-6-4-7-11-21)22-12-8-5-9-13-22/h4-12,14-17,22,27H,3,13,18H2,1-2H3. The number of carbonyl (C=O) groups is 1. The molecule has 3 nitrogen and oxygen atoms in total. The van der Waals surface area contributed by atoms with Crippen LogP contribution in [0.15, 0.2) is 78.9 Å². The molecular weight excluding hydrogens is 334 g/mol. The second kappa shape index (κ2) is 8.36. The van der Waals surface area contributed by atoms with Crippen molar-refractivity contribution in [2.75, 3.05) is 4.90 Å². The molecule has 0 heterocycles. The van der Waals surface area contributed by atoms with E-state index in [0.29, 0.717) is 12.0 Å². The Balaban J connectivity index is 1.90. The SMILES string of the molecule is CCCC(C)(O)c1ccc(C(=O)N(c2ccccc2)C2C=CC=CC2)cc1. The van der Waals surface area contributed by atoms with Gasteiger partial charge in [0.15, 0.2) is 0 Å². The Morgan fingerprint density at radius 2 is 1.81 bits per heavy atom. The van der Waals surface area contributed by atoms with Gasteiger partial charge in [-0.2, -0.15) is 0 Å². The van der Waals surface area contributed by atoms with E-state index in [1.165, 1.54) is 0 Å². The molecule has 0 saturated heterocycles. The van der Waals surface area contributed by atoms with Crippen molar-refractivity contribution in [1.29, 1.82) is 0 Å². The van der Waals surface area contributed by atoms with Crippen LogP contribution in [-0.2, 0) is 5.60 Å². The number of para-hydroxylation sites is 1. The number of aliphatic hydroxyl groups is 1. The monoisotopic (exact) mass is 361 g/mol. The van der Waals surface area contributed by atoms with Crippen LogP contribution in [0.3, 0.4) is 0 Å². The molecule has 3 rings (SSSR count). The summed E-state index contributed by atoms with van der Waals surface area (Å²) < 4.78 is 0. The van der Waals surface area contributed by atoms with Crippen molar-refractivity contribution >= 4 is 11.6 Å². The first kappa shape index (κ1) is 19.1. The highest BCUT2D eigenvalue weighted by Gasteiger charge is 2.26. The minimum absolute atomic E-state index is 0.00669. The minimum atomic E-state index is -0.869. The van der Waals surface area contributed by atoms with Crippen LogP contribution in [0.4, 0.5) is 5.69 Å². The lowest BCUT2D eigenvalue weighted by Crippen LogP contribution is -2.39. The molecule has 27 heavy (non-hydrogen) atoms. The third-order valence-corrected chi connectivity index (χ3v) is 5.03. The highest BCUT2D eigenvalue weighted by Crippen LogP contribution is 2.28. The number of benzene rings is 2. The fourth-order valence-electron chi connectivity index (χ4n) is 3.55. The van der Waals surface area contributed by atoms with Gasteiger partial charge in [-0.3, -0.25) is 4.79 Å². The average molecular weight is 361 g/mol. The molecule has 0 radical (unpaired) electrons. The molecule has 140 valence electrons. The van der Waals surface area contributed by atoms with Crippen LogP contribution < -0.4 is 4.90 Å². The number of hydrogen-bond donors (Lipinski definition) is 1. The molecule has 1 N–H and O–H groups in total. The maximum Gasteiger partial charge on any atom is 0.258 e. The van der Waals surface area contributed by atoms with Crippen LogP contribution in [0.2, 0.25) is 0 Å². The predicted molar refractivity (Wildman–Crippen MR) is 111 cm³/mol. The number of hydrogen-bond acceptors (Lipinski definition) is 2. The molecule has 0 bridgehead atoms. The number of amides is 1. The molecule has 1 aliphatic carbocycles. The number of nitrogens with zero attached hydrogens (tertiary/aromatic N) is 1. The smallest absolute Gasteiger partial charge is 0.258 e. The number of allylic oxidation sites excluding steroid dienone is 2. The fraction of sp³-hybridized carbons (Fsp3) is 0.292. The largest absolute Gasteiger partial charge is 0.385 e. The fourth-order valence-corrected chi connectivity index (χ4v) is 3.55. The molecule has 0 spiro atoms. The zero-order chi connectivity index (χ0) is 19.3. The summed E-state index contributed by atoms with van der Waals surface area (Å²) in [5, 5.41) is 10.6. The first-order chi connectivity index (χ1) is 13.0. The van der Waals surface area contributed by atoms with Crippen LogP contribution in [0.1, 0.15) is 49.0 Å². The summed E-state index contributed by atoms with van der Waals surface area (Å²) in [6, 6.07) is 17.1. The molecular formula is C24H27NO2. The van der Waals surface area contributed by atoms with E-state index in [-0.39, 0.29) is 11.9 Å². The van der Waals surface area contributed by atoms with E-state index in [1.54, 1.807) is 0 Å². The molecule has 1 aliphatic rings. The molecule has 2 atom stereocenters. The van der Waals surface area contributed by atoms with E-state index >= 15 is 0 Å². The van der Waals surface area contributed by atoms with Gasteiger partial charge in [0.25, 0.3) is 5.91 Å². The zero-order valence-electron chi connectivity index (χ0n) is 16.0. The van der Waals surface area contributed by atoms with Crippen molar-refractivity contribution in [3.63, 3.8) is 0 Å². The first-order valence-electron chi connectivity index (χ1n) is 9.58. The second-order valence-electron chi connectivity index (χ2n) is 7.23. The molecule has 2 aromatic carbocycles. The number of rotatable bonds is 6. The molecule has 2 aromatic rings. The maximum atomic E-state index is 13.3. The summed E-state index contributed by atoms with van der Waals surface area (Å²) in [7, 11) is 0. The summed E-state index contributed by atoms with van der Waals surface area (Å²) in [5.41, 5.74) is 1.48. The molecule has 0 fully saturated rings. The van der Waals surface area contributed by atoms with Crippen LogP contribution in [0.5, 0.6) is 0 Å². The Morgan fingerprint density at radius 1 is 1.11 bits per heavy atom. The molecule has 0 aromatic heterocycles. The van der Waals surface area contributed by atoms with Gasteiger partial charge in [0.05, 0.1) is 11.6 Å². The van der Waals surface area contributed by atoms with Gasteiger partial charge in [0.1, 0.15) is 0 Å². The predicted octanol–water partition coefficient (Wildman–Crippen LogP) is 5.23. The van der Waals surface area contributed by atoms with Gasteiger partial charge >= 0.3 is 0 Å². The number of carbonyl (C=O) groups excluding carboxylic acids is 1. The van der Waals surface area contributed by atoms with E-state index in [0.717, 1.165) is 24.1 Å². The van der Waals surface area contributed by atoms with E-state index < -0.39 is 5.60 Å². The van der Waals surface area contributed by atoms with Crippen molar-refractivity contribution in [2.24, 2.45) is 0 Å². The summed E-state index contributed by atoms with van der Waals surface area (Å²) in [4.78, 5) is 15.2. The van der Waals surface area contributed by atoms with Gasteiger partial charge in [-0.05, 0) is 49.6 Å². The Bertz CT molecular complexity index is 819. The van der Waals surface area contributed by atoms with E-state index in [1.807, 2.05) is 78.6 Å². The van der Waals surface area contributed by atoms with E-state index in [9.17, 15) is 9.90 Å².